The molecule has 3 aromatic rings. The third-order valence-corrected chi connectivity index (χ3v) is 9.23. The molecule has 1 aromatic heterocycles. The summed E-state index contributed by atoms with van der Waals surface area (Å²) in [6.07, 6.45) is 5.64. The summed E-state index contributed by atoms with van der Waals surface area (Å²) < 4.78 is 22.6. The first-order valence-corrected chi connectivity index (χ1v) is 14.7. The van der Waals surface area contributed by atoms with Gasteiger partial charge in [-0.1, -0.05) is 34.4 Å². The van der Waals surface area contributed by atoms with Crippen molar-refractivity contribution >= 4 is 40.8 Å². The zero-order valence-corrected chi connectivity index (χ0v) is 24.5. The lowest BCUT2D eigenvalue weighted by atomic mass is 9.85. The van der Waals surface area contributed by atoms with Gasteiger partial charge in [0.2, 0.25) is 5.91 Å². The number of methoxy groups -OCH3 is 2. The highest BCUT2D eigenvalue weighted by atomic mass is 35.5. The van der Waals surface area contributed by atoms with Gasteiger partial charge in [0.1, 0.15) is 17.2 Å². The highest BCUT2D eigenvalue weighted by Gasteiger charge is 2.45. The van der Waals surface area contributed by atoms with Crippen molar-refractivity contribution in [3.8, 4) is 17.0 Å². The summed E-state index contributed by atoms with van der Waals surface area (Å²) in [4.78, 5) is 25.5. The molecule has 10 heteroatoms. The van der Waals surface area contributed by atoms with Crippen LogP contribution in [0.25, 0.3) is 11.3 Å². The molecule has 0 spiro atoms. The van der Waals surface area contributed by atoms with Gasteiger partial charge in [0.05, 0.1) is 48.2 Å². The molecule has 3 aliphatic rings. The van der Waals surface area contributed by atoms with Crippen molar-refractivity contribution in [2.24, 2.45) is 17.8 Å². The van der Waals surface area contributed by atoms with Gasteiger partial charge in [-0.25, -0.2) is 4.79 Å². The van der Waals surface area contributed by atoms with E-state index in [9.17, 15) is 9.59 Å². The highest BCUT2D eigenvalue weighted by molar-refractivity contribution is 6.39. The van der Waals surface area contributed by atoms with Crippen molar-refractivity contribution < 1.29 is 28.3 Å². The predicted octanol–water partition coefficient (Wildman–Crippen LogP) is 7.28. The fourth-order valence-corrected chi connectivity index (χ4v) is 7.06. The Labute approximate surface area is 248 Å². The van der Waals surface area contributed by atoms with E-state index in [2.05, 4.69) is 10.5 Å². The zero-order valence-electron chi connectivity index (χ0n) is 23.0. The number of hydrogen-bond donors (Lipinski definition) is 1. The maximum atomic E-state index is 13.5. The van der Waals surface area contributed by atoms with E-state index in [1.54, 1.807) is 30.3 Å². The fraction of sp³-hybridized carbons (Fsp3) is 0.452. The first-order valence-electron chi connectivity index (χ1n) is 14.0. The Morgan fingerprint density at radius 1 is 1.05 bits per heavy atom. The third kappa shape index (κ3) is 5.70. The molecule has 4 atom stereocenters. The standard InChI is InChI=1S/C31H32Cl2N2O6/c1-38-26-9-8-18(31(37)39-2)14-25(26)34-30(36)21-12-16-10-19(21)13-20(11-16)40-15-22-28(35-41-29(22)17-6-7-17)27-23(32)4-3-5-24(27)33/h3-5,8-9,14,16-17,19-21H,6-7,10-13,15H2,1-2H3,(H,34,36). The molecule has 1 N–H and O–H groups in total. The van der Waals surface area contributed by atoms with Crippen molar-refractivity contribution in [3.63, 3.8) is 0 Å². The number of carbonyl (C=O) groups is 2. The normalized spacial score (nSPS) is 23.3. The second-order valence-electron chi connectivity index (χ2n) is 11.2. The Morgan fingerprint density at radius 3 is 2.54 bits per heavy atom. The molecule has 0 saturated heterocycles. The summed E-state index contributed by atoms with van der Waals surface area (Å²) in [5.74, 6) is 1.62. The topological polar surface area (TPSA) is 99.9 Å². The lowest BCUT2D eigenvalue weighted by Gasteiger charge is -2.29. The van der Waals surface area contributed by atoms with Crippen LogP contribution in [0.5, 0.6) is 5.75 Å². The van der Waals surface area contributed by atoms with E-state index >= 15 is 0 Å². The first kappa shape index (κ1) is 28.1. The van der Waals surface area contributed by atoms with E-state index in [1.165, 1.54) is 14.2 Å². The average molecular weight is 600 g/mol. The minimum Gasteiger partial charge on any atom is -0.495 e. The van der Waals surface area contributed by atoms with Gasteiger partial charge in [-0.05, 0) is 80.7 Å². The predicted molar refractivity (Wildman–Crippen MR) is 154 cm³/mol. The van der Waals surface area contributed by atoms with E-state index in [4.69, 9.17) is 41.9 Å². The van der Waals surface area contributed by atoms with E-state index in [0.717, 1.165) is 49.8 Å². The van der Waals surface area contributed by atoms with Gasteiger partial charge in [0.25, 0.3) is 0 Å². The number of nitrogens with zero attached hydrogens (tertiary/aromatic N) is 1. The van der Waals surface area contributed by atoms with Crippen LogP contribution in [0.3, 0.4) is 0 Å². The Bertz CT molecular complexity index is 1450. The van der Waals surface area contributed by atoms with Gasteiger partial charge in [-0.2, -0.15) is 0 Å². The first-order chi connectivity index (χ1) is 19.9. The highest BCUT2D eigenvalue weighted by Crippen LogP contribution is 2.49. The molecule has 6 rings (SSSR count). The van der Waals surface area contributed by atoms with E-state index in [1.807, 2.05) is 6.07 Å². The summed E-state index contributed by atoms with van der Waals surface area (Å²) in [7, 11) is 2.85. The number of hydrogen-bond acceptors (Lipinski definition) is 7. The monoisotopic (exact) mass is 598 g/mol. The second kappa shape index (κ2) is 11.7. The molecule has 1 heterocycles. The number of halogens is 2. The molecule has 2 bridgehead atoms. The average Bonchev–Trinajstić information content (AvgIpc) is 3.66. The molecular formula is C31H32Cl2N2O6. The summed E-state index contributed by atoms with van der Waals surface area (Å²) in [5.41, 5.74) is 3.02. The summed E-state index contributed by atoms with van der Waals surface area (Å²) in [5, 5.41) is 8.42. The van der Waals surface area contributed by atoms with E-state index < -0.39 is 5.97 Å². The van der Waals surface area contributed by atoms with Crippen LogP contribution in [-0.4, -0.2) is 37.4 Å². The summed E-state index contributed by atoms with van der Waals surface area (Å²) in [6, 6.07) is 10.3. The van der Waals surface area contributed by atoms with Crippen LogP contribution >= 0.6 is 23.2 Å². The van der Waals surface area contributed by atoms with Gasteiger partial charge in [-0.15, -0.1) is 0 Å². The molecule has 8 nitrogen and oxygen atoms in total. The molecule has 3 fully saturated rings. The minimum atomic E-state index is -0.475. The molecule has 41 heavy (non-hydrogen) atoms. The largest absolute Gasteiger partial charge is 0.495 e. The van der Waals surface area contributed by atoms with Crippen molar-refractivity contribution in [2.45, 2.75) is 57.2 Å². The Hall–Kier alpha value is -3.07. The molecule has 2 aromatic carbocycles. The zero-order chi connectivity index (χ0) is 28.7. The number of amides is 1. The number of ether oxygens (including phenoxy) is 3. The molecule has 216 valence electrons. The third-order valence-electron chi connectivity index (χ3n) is 8.60. The van der Waals surface area contributed by atoms with Crippen LogP contribution in [-0.2, 0) is 20.9 Å². The van der Waals surface area contributed by atoms with Crippen LogP contribution < -0.4 is 10.1 Å². The number of carbonyl (C=O) groups excluding carboxylic acids is 2. The van der Waals surface area contributed by atoms with Crippen LogP contribution in [0.1, 0.15) is 66.1 Å². The van der Waals surface area contributed by atoms with Gasteiger partial charge in [0, 0.05) is 23.0 Å². The number of rotatable bonds is 9. The van der Waals surface area contributed by atoms with Crippen molar-refractivity contribution in [3.05, 3.63) is 63.3 Å². The number of anilines is 1. The molecule has 3 saturated carbocycles. The number of fused-ring (bicyclic) bond motifs is 2. The molecule has 1 amide bonds. The number of nitrogens with one attached hydrogen (secondary N) is 1. The lowest BCUT2D eigenvalue weighted by molar-refractivity contribution is -0.121. The number of aromatic nitrogens is 1. The number of benzene rings is 2. The van der Waals surface area contributed by atoms with Crippen LogP contribution in [0.2, 0.25) is 10.0 Å². The lowest BCUT2D eigenvalue weighted by Crippen LogP contribution is -2.29. The van der Waals surface area contributed by atoms with E-state index in [0.29, 0.717) is 56.7 Å². The molecule has 3 aliphatic carbocycles. The van der Waals surface area contributed by atoms with Crippen molar-refractivity contribution in [1.82, 2.24) is 5.16 Å². The fourth-order valence-electron chi connectivity index (χ4n) is 6.48. The Kier molecular flexibility index (Phi) is 7.99. The van der Waals surface area contributed by atoms with Crippen LogP contribution in [0.15, 0.2) is 40.9 Å². The Balaban J connectivity index is 1.15. The molecule has 4 unspecified atom stereocenters. The van der Waals surface area contributed by atoms with Crippen LogP contribution in [0, 0.1) is 17.8 Å². The maximum Gasteiger partial charge on any atom is 0.337 e. The minimum absolute atomic E-state index is 0.0188. The van der Waals surface area contributed by atoms with Gasteiger partial charge < -0.3 is 24.1 Å². The van der Waals surface area contributed by atoms with Gasteiger partial charge in [-0.3, -0.25) is 4.79 Å². The Morgan fingerprint density at radius 2 is 1.83 bits per heavy atom. The van der Waals surface area contributed by atoms with E-state index in [-0.39, 0.29) is 23.8 Å². The quantitative estimate of drug-likeness (QED) is 0.258. The smallest absolute Gasteiger partial charge is 0.337 e. The summed E-state index contributed by atoms with van der Waals surface area (Å²) >= 11 is 13.0. The van der Waals surface area contributed by atoms with Gasteiger partial charge in [0.15, 0.2) is 0 Å². The van der Waals surface area contributed by atoms with Crippen molar-refractivity contribution in [1.29, 1.82) is 0 Å². The van der Waals surface area contributed by atoms with Gasteiger partial charge >= 0.3 is 5.97 Å². The second-order valence-corrected chi connectivity index (χ2v) is 12.1. The molecule has 0 radical (unpaired) electrons. The molecular weight excluding hydrogens is 567 g/mol. The van der Waals surface area contributed by atoms with Crippen molar-refractivity contribution in [2.75, 3.05) is 19.5 Å². The molecule has 0 aliphatic heterocycles. The number of esters is 1. The SMILES string of the molecule is COC(=O)c1ccc(OC)c(NC(=O)C2CC3CC(OCc4c(-c5c(Cl)cccc5Cl)noc4C4CC4)CC2C3)c1. The maximum absolute atomic E-state index is 13.5. The van der Waals surface area contributed by atoms with Crippen LogP contribution in [0.4, 0.5) is 5.69 Å². The summed E-state index contributed by atoms with van der Waals surface area (Å²) in [6.45, 7) is 0.352.